The van der Waals surface area contributed by atoms with Gasteiger partial charge in [-0.3, -0.25) is 0 Å². The minimum atomic E-state index is -0.326. The Kier molecular flexibility index (Phi) is 4.28. The summed E-state index contributed by atoms with van der Waals surface area (Å²) in [7, 11) is 1.78. The van der Waals surface area contributed by atoms with E-state index in [0.717, 1.165) is 5.56 Å². The Bertz CT molecular complexity index is 260. The Balaban J connectivity index is 2.36. The molecule has 78 valence electrons. The summed E-state index contributed by atoms with van der Waals surface area (Å²) in [5, 5.41) is 14.9. The van der Waals surface area contributed by atoms with E-state index >= 15 is 0 Å². The van der Waals surface area contributed by atoms with Crippen LogP contribution in [-0.4, -0.2) is 34.8 Å². The van der Waals surface area contributed by atoms with Crippen LogP contribution in [0.2, 0.25) is 0 Å². The van der Waals surface area contributed by atoms with Crippen molar-refractivity contribution < 1.29 is 5.11 Å². The van der Waals surface area contributed by atoms with E-state index in [0.29, 0.717) is 19.0 Å². The van der Waals surface area contributed by atoms with Gasteiger partial charge < -0.3 is 15.7 Å². The van der Waals surface area contributed by atoms with Crippen LogP contribution in [0.1, 0.15) is 12.5 Å². The monoisotopic (exact) mass is 196 g/mol. The Labute approximate surface area is 83.6 Å². The van der Waals surface area contributed by atoms with E-state index in [1.54, 1.807) is 26.4 Å². The maximum Gasteiger partial charge on any atom is 0.222 e. The normalized spacial score (nSPS) is 12.5. The van der Waals surface area contributed by atoms with Crippen LogP contribution in [0, 0.1) is 0 Å². The molecule has 0 saturated heterocycles. The number of nitrogens with zero attached hydrogens (tertiary/aromatic N) is 2. The summed E-state index contributed by atoms with van der Waals surface area (Å²) >= 11 is 0. The van der Waals surface area contributed by atoms with Crippen molar-refractivity contribution in [3.05, 3.63) is 18.0 Å². The summed E-state index contributed by atoms with van der Waals surface area (Å²) in [5.41, 5.74) is 1.00. The highest BCUT2D eigenvalue weighted by molar-refractivity contribution is 5.22. The Hall–Kier alpha value is -1.20. The first-order chi connectivity index (χ1) is 6.72. The van der Waals surface area contributed by atoms with Crippen molar-refractivity contribution in [2.75, 3.05) is 18.9 Å². The fraction of sp³-hybridized carbons (Fsp3) is 0.556. The van der Waals surface area contributed by atoms with Gasteiger partial charge in [0.25, 0.3) is 0 Å². The highest BCUT2D eigenvalue weighted by Crippen LogP contribution is 1.98. The van der Waals surface area contributed by atoms with E-state index in [1.165, 1.54) is 0 Å². The predicted molar refractivity (Wildman–Crippen MR) is 55.0 cm³/mol. The molecule has 0 aliphatic carbocycles. The van der Waals surface area contributed by atoms with Crippen LogP contribution in [0.5, 0.6) is 0 Å². The van der Waals surface area contributed by atoms with Crippen LogP contribution >= 0.6 is 0 Å². The molecule has 5 nitrogen and oxygen atoms in total. The summed E-state index contributed by atoms with van der Waals surface area (Å²) in [4.78, 5) is 8.14. The lowest BCUT2D eigenvalue weighted by Gasteiger charge is -2.06. The molecule has 0 spiro atoms. The van der Waals surface area contributed by atoms with Crippen LogP contribution in [-0.2, 0) is 6.54 Å². The van der Waals surface area contributed by atoms with Gasteiger partial charge in [0.05, 0.1) is 6.10 Å². The molecule has 1 aromatic rings. The van der Waals surface area contributed by atoms with E-state index in [4.69, 9.17) is 5.11 Å². The van der Waals surface area contributed by atoms with Gasteiger partial charge in [0, 0.05) is 38.1 Å². The lowest BCUT2D eigenvalue weighted by molar-refractivity contribution is 0.191. The first kappa shape index (κ1) is 10.9. The van der Waals surface area contributed by atoms with Crippen LogP contribution in [0.3, 0.4) is 0 Å². The van der Waals surface area contributed by atoms with E-state index in [1.807, 2.05) is 0 Å². The highest BCUT2D eigenvalue weighted by atomic mass is 16.3. The third-order valence-corrected chi connectivity index (χ3v) is 1.70. The SMILES string of the molecule is CNc1ncc(CNC[C@@H](C)O)cn1. The number of hydrogen-bond acceptors (Lipinski definition) is 5. The van der Waals surface area contributed by atoms with Gasteiger partial charge in [-0.1, -0.05) is 0 Å². The van der Waals surface area contributed by atoms with Crippen LogP contribution in [0.15, 0.2) is 12.4 Å². The molecule has 0 aliphatic rings. The molecule has 1 rings (SSSR count). The zero-order chi connectivity index (χ0) is 10.4. The lowest BCUT2D eigenvalue weighted by atomic mass is 10.3. The third kappa shape index (κ3) is 3.68. The third-order valence-electron chi connectivity index (χ3n) is 1.70. The Morgan fingerprint density at radius 2 is 2.07 bits per heavy atom. The number of hydrogen-bond donors (Lipinski definition) is 3. The predicted octanol–water partition coefficient (Wildman–Crippen LogP) is -0.0113. The first-order valence-electron chi connectivity index (χ1n) is 4.60. The van der Waals surface area contributed by atoms with Gasteiger partial charge in [0.15, 0.2) is 0 Å². The van der Waals surface area contributed by atoms with Crippen molar-refractivity contribution in [3.63, 3.8) is 0 Å². The van der Waals surface area contributed by atoms with Crippen LogP contribution in [0.4, 0.5) is 5.95 Å². The van der Waals surface area contributed by atoms with Crippen molar-refractivity contribution >= 4 is 5.95 Å². The lowest BCUT2D eigenvalue weighted by Crippen LogP contribution is -2.23. The average molecular weight is 196 g/mol. The molecule has 0 bridgehead atoms. The van der Waals surface area contributed by atoms with Gasteiger partial charge in [-0.15, -0.1) is 0 Å². The number of aromatic nitrogens is 2. The molecular weight excluding hydrogens is 180 g/mol. The quantitative estimate of drug-likeness (QED) is 0.618. The second-order valence-corrected chi connectivity index (χ2v) is 3.14. The van der Waals surface area contributed by atoms with Crippen molar-refractivity contribution in [1.82, 2.24) is 15.3 Å². The van der Waals surface area contributed by atoms with Gasteiger partial charge in [0.2, 0.25) is 5.95 Å². The van der Waals surface area contributed by atoms with Crippen LogP contribution in [0.25, 0.3) is 0 Å². The molecule has 0 saturated carbocycles. The maximum atomic E-state index is 9.01. The summed E-state index contributed by atoms with van der Waals surface area (Å²) in [5.74, 6) is 0.615. The molecule has 0 radical (unpaired) electrons. The number of aliphatic hydroxyl groups excluding tert-OH is 1. The van der Waals surface area contributed by atoms with Crippen molar-refractivity contribution in [2.24, 2.45) is 0 Å². The van der Waals surface area contributed by atoms with E-state index in [-0.39, 0.29) is 6.10 Å². The topological polar surface area (TPSA) is 70.1 Å². The van der Waals surface area contributed by atoms with Gasteiger partial charge in [0.1, 0.15) is 0 Å². The van der Waals surface area contributed by atoms with Crippen molar-refractivity contribution in [1.29, 1.82) is 0 Å². The average Bonchev–Trinajstić information content (AvgIpc) is 2.18. The van der Waals surface area contributed by atoms with E-state index in [2.05, 4.69) is 20.6 Å². The van der Waals surface area contributed by atoms with Crippen molar-refractivity contribution in [2.45, 2.75) is 19.6 Å². The molecule has 0 aromatic carbocycles. The highest BCUT2D eigenvalue weighted by Gasteiger charge is 1.97. The number of aliphatic hydroxyl groups is 1. The molecule has 1 heterocycles. The summed E-state index contributed by atoms with van der Waals surface area (Å²) in [6.07, 6.45) is 3.19. The van der Waals surface area contributed by atoms with Gasteiger partial charge in [-0.2, -0.15) is 0 Å². The molecule has 0 fully saturated rings. The zero-order valence-corrected chi connectivity index (χ0v) is 8.49. The van der Waals surface area contributed by atoms with E-state index in [9.17, 15) is 0 Å². The molecule has 0 aliphatic heterocycles. The van der Waals surface area contributed by atoms with E-state index < -0.39 is 0 Å². The molecule has 1 atom stereocenters. The number of anilines is 1. The minimum absolute atomic E-state index is 0.326. The second kappa shape index (κ2) is 5.51. The van der Waals surface area contributed by atoms with Crippen molar-refractivity contribution in [3.8, 4) is 0 Å². The zero-order valence-electron chi connectivity index (χ0n) is 8.49. The molecule has 14 heavy (non-hydrogen) atoms. The molecule has 1 aromatic heterocycles. The summed E-state index contributed by atoms with van der Waals surface area (Å²) < 4.78 is 0. The fourth-order valence-corrected chi connectivity index (χ4v) is 1.00. The fourth-order valence-electron chi connectivity index (χ4n) is 1.00. The summed E-state index contributed by atoms with van der Waals surface area (Å²) in [6, 6.07) is 0. The van der Waals surface area contributed by atoms with Gasteiger partial charge in [-0.25, -0.2) is 9.97 Å². The minimum Gasteiger partial charge on any atom is -0.392 e. The van der Waals surface area contributed by atoms with Crippen LogP contribution < -0.4 is 10.6 Å². The summed E-state index contributed by atoms with van der Waals surface area (Å²) in [6.45, 7) is 3.00. The molecule has 3 N–H and O–H groups in total. The standard InChI is InChI=1S/C9H16N4O/c1-7(14)3-11-4-8-5-12-9(10-2)13-6-8/h5-7,11,14H,3-4H2,1-2H3,(H,10,12,13)/t7-/m1/s1. The van der Waals surface area contributed by atoms with Gasteiger partial charge >= 0.3 is 0 Å². The Morgan fingerprint density at radius 3 is 2.57 bits per heavy atom. The molecule has 0 unspecified atom stereocenters. The smallest absolute Gasteiger partial charge is 0.222 e. The largest absolute Gasteiger partial charge is 0.392 e. The first-order valence-corrected chi connectivity index (χ1v) is 4.60. The second-order valence-electron chi connectivity index (χ2n) is 3.14. The maximum absolute atomic E-state index is 9.01. The molecule has 5 heteroatoms. The number of rotatable bonds is 5. The molecular formula is C9H16N4O. The number of nitrogens with one attached hydrogen (secondary N) is 2. The van der Waals surface area contributed by atoms with Gasteiger partial charge in [-0.05, 0) is 6.92 Å². The Morgan fingerprint density at radius 1 is 1.43 bits per heavy atom. The molecule has 0 amide bonds.